The molecule has 2 rings (SSSR count). The molecule has 0 fully saturated rings. The lowest BCUT2D eigenvalue weighted by atomic mass is 10.1. The van der Waals surface area contributed by atoms with E-state index in [1.54, 1.807) is 19.1 Å². The summed E-state index contributed by atoms with van der Waals surface area (Å²) in [6, 6.07) is 3.90. The van der Waals surface area contributed by atoms with Gasteiger partial charge in [0.15, 0.2) is 5.82 Å². The lowest BCUT2D eigenvalue weighted by Crippen LogP contribution is -2.15. The quantitative estimate of drug-likeness (QED) is 0.790. The standard InChI is InChI=1S/C10H10FN3O2/c1-5-2-3-6(4-7(5)11)8(12)9-13-10(15)16-14-9/h2-4,8H,12H2,1H3,(H,13,14,15). The number of nitrogens with one attached hydrogen (secondary N) is 1. The van der Waals surface area contributed by atoms with Gasteiger partial charge in [0.05, 0.1) is 6.04 Å². The predicted octanol–water partition coefficient (Wildman–Crippen LogP) is 0.859. The Kier molecular flexibility index (Phi) is 2.57. The van der Waals surface area contributed by atoms with Gasteiger partial charge in [0, 0.05) is 0 Å². The highest BCUT2D eigenvalue weighted by Crippen LogP contribution is 2.18. The molecule has 0 aliphatic carbocycles. The zero-order chi connectivity index (χ0) is 11.7. The Balaban J connectivity index is 2.37. The normalized spacial score (nSPS) is 12.7. The molecule has 1 aromatic carbocycles. The summed E-state index contributed by atoms with van der Waals surface area (Å²) < 4.78 is 17.6. The van der Waals surface area contributed by atoms with E-state index in [0.29, 0.717) is 11.1 Å². The van der Waals surface area contributed by atoms with Crippen molar-refractivity contribution in [3.8, 4) is 0 Å². The van der Waals surface area contributed by atoms with E-state index in [1.165, 1.54) is 6.07 Å². The maximum absolute atomic E-state index is 13.3. The molecule has 84 valence electrons. The largest absolute Gasteiger partial charge is 0.438 e. The Bertz CT molecular complexity index is 561. The molecule has 1 aromatic heterocycles. The molecule has 16 heavy (non-hydrogen) atoms. The van der Waals surface area contributed by atoms with E-state index >= 15 is 0 Å². The molecule has 1 unspecified atom stereocenters. The first-order valence-electron chi connectivity index (χ1n) is 4.65. The van der Waals surface area contributed by atoms with Gasteiger partial charge in [-0.05, 0) is 24.1 Å². The van der Waals surface area contributed by atoms with Crippen LogP contribution >= 0.6 is 0 Å². The average molecular weight is 223 g/mol. The van der Waals surface area contributed by atoms with Crippen LogP contribution in [0.25, 0.3) is 0 Å². The molecule has 0 aliphatic heterocycles. The predicted molar refractivity (Wildman–Crippen MR) is 54.3 cm³/mol. The summed E-state index contributed by atoms with van der Waals surface area (Å²) in [7, 11) is 0. The second kappa shape index (κ2) is 3.90. The molecule has 0 bridgehead atoms. The summed E-state index contributed by atoms with van der Waals surface area (Å²) in [6.45, 7) is 1.66. The van der Waals surface area contributed by atoms with Crippen molar-refractivity contribution in [1.29, 1.82) is 0 Å². The zero-order valence-corrected chi connectivity index (χ0v) is 8.53. The Morgan fingerprint density at radius 2 is 2.31 bits per heavy atom. The van der Waals surface area contributed by atoms with Gasteiger partial charge in [-0.1, -0.05) is 17.3 Å². The molecule has 5 nitrogen and oxygen atoms in total. The van der Waals surface area contributed by atoms with Crippen molar-refractivity contribution >= 4 is 0 Å². The number of aromatic amines is 1. The molecule has 0 amide bonds. The van der Waals surface area contributed by atoms with Crippen LogP contribution in [-0.2, 0) is 0 Å². The molecule has 0 radical (unpaired) electrons. The van der Waals surface area contributed by atoms with Gasteiger partial charge in [-0.2, -0.15) is 0 Å². The van der Waals surface area contributed by atoms with Crippen molar-refractivity contribution in [2.24, 2.45) is 5.73 Å². The van der Waals surface area contributed by atoms with Gasteiger partial charge < -0.3 is 5.73 Å². The summed E-state index contributed by atoms with van der Waals surface area (Å²) >= 11 is 0. The fraction of sp³-hybridized carbons (Fsp3) is 0.200. The van der Waals surface area contributed by atoms with Gasteiger partial charge in [-0.3, -0.25) is 9.51 Å². The van der Waals surface area contributed by atoms with Crippen LogP contribution in [0.5, 0.6) is 0 Å². The van der Waals surface area contributed by atoms with E-state index in [2.05, 4.69) is 14.7 Å². The summed E-state index contributed by atoms with van der Waals surface area (Å²) in [5.74, 6) is -0.856. The van der Waals surface area contributed by atoms with Crippen molar-refractivity contribution in [3.63, 3.8) is 0 Å². The fourth-order valence-corrected chi connectivity index (χ4v) is 1.34. The van der Waals surface area contributed by atoms with Crippen LogP contribution < -0.4 is 11.5 Å². The van der Waals surface area contributed by atoms with Gasteiger partial charge in [-0.15, -0.1) is 0 Å². The van der Waals surface area contributed by atoms with Gasteiger partial charge in [0.1, 0.15) is 5.82 Å². The number of aromatic nitrogens is 2. The minimum absolute atomic E-state index is 0.174. The molecule has 2 aromatic rings. The second-order valence-electron chi connectivity index (χ2n) is 3.47. The monoisotopic (exact) mass is 223 g/mol. The third-order valence-electron chi connectivity index (χ3n) is 2.31. The highest BCUT2D eigenvalue weighted by Gasteiger charge is 2.14. The Labute approximate surface area is 90.1 Å². The molecule has 1 atom stereocenters. The number of hydrogen-bond donors (Lipinski definition) is 2. The number of hydrogen-bond acceptors (Lipinski definition) is 4. The fourth-order valence-electron chi connectivity index (χ4n) is 1.34. The number of nitrogens with zero attached hydrogens (tertiary/aromatic N) is 1. The molecule has 1 heterocycles. The zero-order valence-electron chi connectivity index (χ0n) is 8.53. The first-order valence-corrected chi connectivity index (χ1v) is 4.65. The van der Waals surface area contributed by atoms with E-state index in [4.69, 9.17) is 5.73 Å². The number of nitrogens with two attached hydrogens (primary N) is 1. The van der Waals surface area contributed by atoms with Crippen molar-refractivity contribution in [1.82, 2.24) is 10.1 Å². The number of rotatable bonds is 2. The van der Waals surface area contributed by atoms with Crippen molar-refractivity contribution in [3.05, 3.63) is 51.5 Å². The maximum atomic E-state index is 13.3. The Hall–Kier alpha value is -1.95. The van der Waals surface area contributed by atoms with Gasteiger partial charge in [0.25, 0.3) is 0 Å². The molecule has 6 heteroatoms. The highest BCUT2D eigenvalue weighted by molar-refractivity contribution is 5.28. The first kappa shape index (κ1) is 10.6. The summed E-state index contributed by atoms with van der Waals surface area (Å²) in [6.07, 6.45) is 0. The third kappa shape index (κ3) is 1.87. The molecule has 0 saturated carbocycles. The lowest BCUT2D eigenvalue weighted by molar-refractivity contribution is 0.379. The van der Waals surface area contributed by atoms with E-state index in [9.17, 15) is 9.18 Å². The van der Waals surface area contributed by atoms with Gasteiger partial charge in [-0.25, -0.2) is 9.18 Å². The third-order valence-corrected chi connectivity index (χ3v) is 2.31. The number of benzene rings is 1. The van der Waals surface area contributed by atoms with Crippen LogP contribution in [0, 0.1) is 12.7 Å². The van der Waals surface area contributed by atoms with Gasteiger partial charge >= 0.3 is 5.76 Å². The molecule has 0 spiro atoms. The molecular weight excluding hydrogens is 213 g/mol. The van der Waals surface area contributed by atoms with E-state index in [-0.39, 0.29) is 11.6 Å². The van der Waals surface area contributed by atoms with E-state index < -0.39 is 11.8 Å². The SMILES string of the molecule is Cc1ccc(C(N)c2noc(=O)[nH]2)cc1F. The number of halogens is 1. The number of H-pyrrole nitrogens is 1. The minimum atomic E-state index is -0.707. The van der Waals surface area contributed by atoms with Gasteiger partial charge in [0.2, 0.25) is 0 Å². The molecule has 3 N–H and O–H groups in total. The van der Waals surface area contributed by atoms with Crippen LogP contribution in [0.3, 0.4) is 0 Å². The summed E-state index contributed by atoms with van der Waals surface area (Å²) in [4.78, 5) is 13.1. The molecule has 0 saturated heterocycles. The highest BCUT2D eigenvalue weighted by atomic mass is 19.1. The topological polar surface area (TPSA) is 84.9 Å². The van der Waals surface area contributed by atoms with Crippen LogP contribution in [0.15, 0.2) is 27.5 Å². The smallest absolute Gasteiger partial charge is 0.318 e. The van der Waals surface area contributed by atoms with Crippen LogP contribution in [0.1, 0.15) is 23.0 Å². The van der Waals surface area contributed by atoms with Crippen LogP contribution in [0.4, 0.5) is 4.39 Å². The maximum Gasteiger partial charge on any atom is 0.438 e. The van der Waals surface area contributed by atoms with Crippen molar-refractivity contribution in [2.75, 3.05) is 0 Å². The molecule has 0 aliphatic rings. The van der Waals surface area contributed by atoms with Crippen molar-refractivity contribution < 1.29 is 8.91 Å². The Morgan fingerprint density at radius 3 is 2.88 bits per heavy atom. The van der Waals surface area contributed by atoms with E-state index in [1.807, 2.05) is 0 Å². The Morgan fingerprint density at radius 1 is 1.56 bits per heavy atom. The van der Waals surface area contributed by atoms with Crippen LogP contribution in [-0.4, -0.2) is 10.1 Å². The second-order valence-corrected chi connectivity index (χ2v) is 3.47. The minimum Gasteiger partial charge on any atom is -0.318 e. The summed E-state index contributed by atoms with van der Waals surface area (Å²) in [5.41, 5.74) is 6.84. The van der Waals surface area contributed by atoms with E-state index in [0.717, 1.165) is 0 Å². The van der Waals surface area contributed by atoms with Crippen LogP contribution in [0.2, 0.25) is 0 Å². The first-order chi connectivity index (χ1) is 7.58. The average Bonchev–Trinajstić information content (AvgIpc) is 2.68. The van der Waals surface area contributed by atoms with Crippen molar-refractivity contribution in [2.45, 2.75) is 13.0 Å². The summed E-state index contributed by atoms with van der Waals surface area (Å²) in [5, 5.41) is 3.45. The molecular formula is C10H10FN3O2. The lowest BCUT2D eigenvalue weighted by Gasteiger charge is -2.08. The number of aryl methyl sites for hydroxylation is 1.